The van der Waals surface area contributed by atoms with Crippen molar-refractivity contribution in [1.82, 2.24) is 20.2 Å². The van der Waals surface area contributed by atoms with Crippen LogP contribution in [-0.2, 0) is 11.2 Å². The van der Waals surface area contributed by atoms with Gasteiger partial charge in [-0.1, -0.05) is 18.9 Å². The molecule has 1 fully saturated rings. The van der Waals surface area contributed by atoms with Crippen LogP contribution in [0.4, 0.5) is 0 Å². The van der Waals surface area contributed by atoms with Crippen LogP contribution in [0.2, 0.25) is 0 Å². The predicted octanol–water partition coefficient (Wildman–Crippen LogP) is 1.42. The number of nitrogens with zero attached hydrogens (tertiary/aromatic N) is 3. The zero-order valence-electron chi connectivity index (χ0n) is 11.1. The number of rotatable bonds is 3. The molecule has 7 heteroatoms. The molecule has 3 rings (SSSR count). The molecular formula is C13H17N5OS. The molecule has 1 aromatic rings. The number of pyridine rings is 1. The molecule has 1 aromatic heterocycles. The third kappa shape index (κ3) is 3.29. The first-order valence-corrected chi connectivity index (χ1v) is 7.59. The Morgan fingerprint density at radius 1 is 1.45 bits per heavy atom. The van der Waals surface area contributed by atoms with Gasteiger partial charge in [-0.05, 0) is 25.0 Å². The summed E-state index contributed by atoms with van der Waals surface area (Å²) >= 11 is 1.47. The molecule has 0 saturated heterocycles. The first-order chi connectivity index (χ1) is 9.81. The van der Waals surface area contributed by atoms with Crippen molar-refractivity contribution in [1.29, 1.82) is 0 Å². The first-order valence-electron chi connectivity index (χ1n) is 6.81. The van der Waals surface area contributed by atoms with E-state index in [1.807, 2.05) is 22.6 Å². The highest BCUT2D eigenvalue weighted by Gasteiger charge is 2.28. The summed E-state index contributed by atoms with van der Waals surface area (Å²) in [5.74, 6) is -0.0926. The molecule has 106 valence electrons. The summed E-state index contributed by atoms with van der Waals surface area (Å²) in [5.41, 5.74) is 3.73. The summed E-state index contributed by atoms with van der Waals surface area (Å²) in [5, 5.41) is 7.57. The predicted molar refractivity (Wildman–Crippen MR) is 78.3 cm³/mol. The zero-order chi connectivity index (χ0) is 13.8. The Hall–Kier alpha value is -1.60. The molecule has 1 aliphatic heterocycles. The second-order valence-electron chi connectivity index (χ2n) is 4.92. The standard InChI is InChI=1S/C13H17N5OS/c19-12(9-10-5-3-4-8-14-10)15-13-16-17-18(20-13)11-6-1-2-7-11/h3-5,8,11,17H,1-2,6-7,9H2,(H,15,16,19). The number of amidine groups is 1. The van der Waals surface area contributed by atoms with Gasteiger partial charge in [0.2, 0.25) is 11.1 Å². The number of carbonyl (C=O) groups excluding carboxylic acids is 1. The van der Waals surface area contributed by atoms with Gasteiger partial charge in [0.1, 0.15) is 0 Å². The van der Waals surface area contributed by atoms with Crippen LogP contribution in [-0.4, -0.2) is 26.5 Å². The number of nitrogens with one attached hydrogen (secondary N) is 2. The third-order valence-electron chi connectivity index (χ3n) is 3.41. The Bertz CT molecular complexity index is 501. The van der Waals surface area contributed by atoms with E-state index in [0.717, 1.165) is 5.69 Å². The summed E-state index contributed by atoms with van der Waals surface area (Å²) < 4.78 is 2.03. The fraction of sp³-hybridized carbons (Fsp3) is 0.462. The molecule has 0 radical (unpaired) electrons. The molecule has 1 amide bonds. The van der Waals surface area contributed by atoms with Gasteiger partial charge in [0.15, 0.2) is 0 Å². The van der Waals surface area contributed by atoms with Crippen LogP contribution in [0.15, 0.2) is 29.5 Å². The van der Waals surface area contributed by atoms with Gasteiger partial charge in [-0.15, -0.1) is 9.52 Å². The van der Waals surface area contributed by atoms with E-state index in [0.29, 0.717) is 11.2 Å². The molecule has 2 heterocycles. The Morgan fingerprint density at radius 2 is 2.30 bits per heavy atom. The molecule has 6 nitrogen and oxygen atoms in total. The van der Waals surface area contributed by atoms with Crippen molar-refractivity contribution >= 4 is 23.0 Å². The molecule has 0 bridgehead atoms. The molecule has 2 N–H and O–H groups in total. The Labute approximate surface area is 122 Å². The Morgan fingerprint density at radius 3 is 3.05 bits per heavy atom. The van der Waals surface area contributed by atoms with Gasteiger partial charge >= 0.3 is 0 Å². The van der Waals surface area contributed by atoms with Crippen LogP contribution < -0.4 is 10.9 Å². The molecular weight excluding hydrogens is 274 g/mol. The lowest BCUT2D eigenvalue weighted by atomic mass is 10.2. The molecule has 0 spiro atoms. The van der Waals surface area contributed by atoms with Gasteiger partial charge in [-0.3, -0.25) is 9.78 Å². The zero-order valence-corrected chi connectivity index (χ0v) is 11.9. The maximum Gasteiger partial charge on any atom is 0.232 e. The number of amides is 1. The summed E-state index contributed by atoms with van der Waals surface area (Å²) in [7, 11) is 0. The molecule has 0 aromatic carbocycles. The highest BCUT2D eigenvalue weighted by molar-refractivity contribution is 8.12. The number of hydrazone groups is 1. The molecule has 1 saturated carbocycles. The molecule has 2 aliphatic rings. The average Bonchev–Trinajstić information content (AvgIpc) is 3.10. The smallest absolute Gasteiger partial charge is 0.232 e. The van der Waals surface area contributed by atoms with Crippen LogP contribution in [0, 0.1) is 0 Å². The summed E-state index contributed by atoms with van der Waals surface area (Å²) in [4.78, 5) is 16.0. The molecule has 0 unspecified atom stereocenters. The average molecular weight is 291 g/mol. The highest BCUT2D eigenvalue weighted by Crippen LogP contribution is 2.28. The van der Waals surface area contributed by atoms with E-state index in [2.05, 4.69) is 20.9 Å². The number of hydrazine groups is 1. The minimum absolute atomic E-state index is 0.0926. The quantitative estimate of drug-likeness (QED) is 0.824. The highest BCUT2D eigenvalue weighted by atomic mass is 32.2. The van der Waals surface area contributed by atoms with Gasteiger partial charge in [-0.25, -0.2) is 5.53 Å². The minimum Gasteiger partial charge on any atom is -0.302 e. The van der Waals surface area contributed by atoms with Gasteiger partial charge in [-0.2, -0.15) is 0 Å². The van der Waals surface area contributed by atoms with Crippen LogP contribution in [0.3, 0.4) is 0 Å². The van der Waals surface area contributed by atoms with Crippen molar-refractivity contribution in [3.63, 3.8) is 0 Å². The fourth-order valence-electron chi connectivity index (χ4n) is 2.41. The second-order valence-corrected chi connectivity index (χ2v) is 5.88. The number of carbonyl (C=O) groups is 1. The van der Waals surface area contributed by atoms with Gasteiger partial charge in [0, 0.05) is 29.9 Å². The number of aromatic nitrogens is 1. The third-order valence-corrected chi connectivity index (χ3v) is 4.35. The summed E-state index contributed by atoms with van der Waals surface area (Å²) in [6.07, 6.45) is 6.86. The normalized spacial score (nSPS) is 19.7. The Kier molecular flexibility index (Phi) is 4.17. The van der Waals surface area contributed by atoms with Crippen molar-refractivity contribution in [2.45, 2.75) is 38.1 Å². The topological polar surface area (TPSA) is 69.6 Å². The largest absolute Gasteiger partial charge is 0.302 e. The van der Waals surface area contributed by atoms with E-state index in [1.54, 1.807) is 6.20 Å². The van der Waals surface area contributed by atoms with Crippen molar-refractivity contribution in [3.8, 4) is 0 Å². The maximum atomic E-state index is 11.9. The van der Waals surface area contributed by atoms with Crippen LogP contribution in [0.5, 0.6) is 0 Å². The van der Waals surface area contributed by atoms with Gasteiger partial charge in [0.25, 0.3) is 0 Å². The Balaban J connectivity index is 1.48. The van der Waals surface area contributed by atoms with Crippen LogP contribution in [0.25, 0.3) is 0 Å². The van der Waals surface area contributed by atoms with Gasteiger partial charge < -0.3 is 5.32 Å². The number of hydrogen-bond donors (Lipinski definition) is 2. The van der Waals surface area contributed by atoms with E-state index in [9.17, 15) is 4.79 Å². The van der Waals surface area contributed by atoms with Crippen molar-refractivity contribution in [2.75, 3.05) is 0 Å². The van der Waals surface area contributed by atoms with Crippen molar-refractivity contribution < 1.29 is 4.79 Å². The van der Waals surface area contributed by atoms with E-state index < -0.39 is 0 Å². The van der Waals surface area contributed by atoms with Gasteiger partial charge in [0.05, 0.1) is 6.42 Å². The summed E-state index contributed by atoms with van der Waals surface area (Å²) in [6.45, 7) is 0. The van der Waals surface area contributed by atoms with E-state index in [4.69, 9.17) is 0 Å². The monoisotopic (exact) mass is 291 g/mol. The summed E-state index contributed by atoms with van der Waals surface area (Å²) in [6, 6.07) is 6.06. The minimum atomic E-state index is -0.0926. The van der Waals surface area contributed by atoms with E-state index >= 15 is 0 Å². The van der Waals surface area contributed by atoms with E-state index in [1.165, 1.54) is 37.6 Å². The first kappa shape index (κ1) is 13.4. The molecule has 20 heavy (non-hydrogen) atoms. The maximum absolute atomic E-state index is 11.9. The van der Waals surface area contributed by atoms with Crippen LogP contribution >= 0.6 is 11.9 Å². The van der Waals surface area contributed by atoms with Crippen molar-refractivity contribution in [3.05, 3.63) is 30.1 Å². The lowest BCUT2D eigenvalue weighted by Gasteiger charge is -2.19. The molecule has 0 atom stereocenters. The second kappa shape index (κ2) is 6.23. The lowest BCUT2D eigenvalue weighted by Crippen LogP contribution is -2.33. The molecule has 1 aliphatic carbocycles. The van der Waals surface area contributed by atoms with E-state index in [-0.39, 0.29) is 12.3 Å². The fourth-order valence-corrected chi connectivity index (χ4v) is 3.27. The SMILES string of the molecule is O=C(Cc1ccccn1)NC1=NNN(C2CCCC2)S1. The van der Waals surface area contributed by atoms with Crippen molar-refractivity contribution in [2.24, 2.45) is 5.10 Å². The number of hydrogen-bond acceptors (Lipinski definition) is 6. The lowest BCUT2D eigenvalue weighted by molar-refractivity contribution is -0.119. The van der Waals surface area contributed by atoms with Crippen LogP contribution in [0.1, 0.15) is 31.4 Å².